The molecule has 0 bridgehead atoms. The Labute approximate surface area is 98.5 Å². The van der Waals surface area contributed by atoms with Gasteiger partial charge in [0.15, 0.2) is 0 Å². The van der Waals surface area contributed by atoms with E-state index >= 15 is 0 Å². The van der Waals surface area contributed by atoms with E-state index in [9.17, 15) is 4.79 Å². The SMILES string of the molecule is Cn1cnn(Cc2ccc(CC#N)cc2)c1=O. The van der Waals surface area contributed by atoms with E-state index in [0.717, 1.165) is 11.1 Å². The number of nitriles is 1. The summed E-state index contributed by atoms with van der Waals surface area (Å²) in [7, 11) is 1.67. The molecular formula is C12H12N4O. The van der Waals surface area contributed by atoms with Gasteiger partial charge in [-0.15, -0.1) is 0 Å². The lowest BCUT2D eigenvalue weighted by Crippen LogP contribution is -2.23. The van der Waals surface area contributed by atoms with Crippen molar-refractivity contribution in [1.29, 1.82) is 5.26 Å². The maximum atomic E-state index is 11.6. The topological polar surface area (TPSA) is 63.6 Å². The Balaban J connectivity index is 2.17. The molecule has 2 rings (SSSR count). The molecule has 0 fully saturated rings. The summed E-state index contributed by atoms with van der Waals surface area (Å²) in [5.41, 5.74) is 1.84. The fourth-order valence-electron chi connectivity index (χ4n) is 1.56. The Morgan fingerprint density at radius 3 is 2.47 bits per heavy atom. The van der Waals surface area contributed by atoms with E-state index in [4.69, 9.17) is 5.26 Å². The van der Waals surface area contributed by atoms with Crippen LogP contribution in [0, 0.1) is 11.3 Å². The molecule has 0 unspecified atom stereocenters. The zero-order valence-electron chi connectivity index (χ0n) is 9.50. The first kappa shape index (κ1) is 11.1. The van der Waals surface area contributed by atoms with Crippen molar-refractivity contribution < 1.29 is 0 Å². The minimum absolute atomic E-state index is 0.133. The van der Waals surface area contributed by atoms with Crippen molar-refractivity contribution in [2.24, 2.45) is 7.05 Å². The molecule has 0 atom stereocenters. The summed E-state index contributed by atoms with van der Waals surface area (Å²) in [6, 6.07) is 9.71. The van der Waals surface area contributed by atoms with Gasteiger partial charge in [0.05, 0.1) is 19.0 Å². The second kappa shape index (κ2) is 4.66. The van der Waals surface area contributed by atoms with E-state index < -0.39 is 0 Å². The molecule has 0 N–H and O–H groups in total. The Bertz CT molecular complexity index is 601. The van der Waals surface area contributed by atoms with E-state index in [2.05, 4.69) is 11.2 Å². The van der Waals surface area contributed by atoms with Crippen LogP contribution in [0.2, 0.25) is 0 Å². The summed E-state index contributed by atoms with van der Waals surface area (Å²) in [6.07, 6.45) is 1.90. The van der Waals surface area contributed by atoms with Crippen LogP contribution >= 0.6 is 0 Å². The zero-order chi connectivity index (χ0) is 12.3. The molecule has 1 aromatic heterocycles. The molecule has 0 saturated heterocycles. The standard InChI is InChI=1S/C12H12N4O/c1-15-9-14-16(12(15)17)8-11-4-2-10(3-5-11)6-7-13/h2-5,9H,6,8H2,1H3. The third kappa shape index (κ3) is 2.42. The Kier molecular flexibility index (Phi) is 3.06. The molecule has 86 valence electrons. The maximum absolute atomic E-state index is 11.6. The molecule has 1 aromatic carbocycles. The van der Waals surface area contributed by atoms with E-state index in [1.54, 1.807) is 7.05 Å². The predicted molar refractivity (Wildman–Crippen MR) is 62.3 cm³/mol. The van der Waals surface area contributed by atoms with Gasteiger partial charge >= 0.3 is 5.69 Å². The number of aryl methyl sites for hydroxylation is 1. The van der Waals surface area contributed by atoms with Gasteiger partial charge in [-0.3, -0.25) is 4.57 Å². The maximum Gasteiger partial charge on any atom is 0.345 e. The zero-order valence-corrected chi connectivity index (χ0v) is 9.50. The predicted octanol–water partition coefficient (Wildman–Crippen LogP) is 0.696. The Morgan fingerprint density at radius 1 is 1.29 bits per heavy atom. The smallest absolute Gasteiger partial charge is 0.285 e. The van der Waals surface area contributed by atoms with Crippen molar-refractivity contribution in [3.8, 4) is 6.07 Å². The summed E-state index contributed by atoms with van der Waals surface area (Å²) in [5, 5.41) is 12.5. The summed E-state index contributed by atoms with van der Waals surface area (Å²) < 4.78 is 2.84. The average molecular weight is 228 g/mol. The van der Waals surface area contributed by atoms with Crippen LogP contribution in [-0.2, 0) is 20.0 Å². The van der Waals surface area contributed by atoms with E-state index in [1.165, 1.54) is 15.6 Å². The van der Waals surface area contributed by atoms with Crippen molar-refractivity contribution in [1.82, 2.24) is 14.3 Å². The first-order valence-electron chi connectivity index (χ1n) is 5.24. The van der Waals surface area contributed by atoms with Gasteiger partial charge in [0.2, 0.25) is 0 Å². The van der Waals surface area contributed by atoms with Crippen molar-refractivity contribution in [2.75, 3.05) is 0 Å². The molecule has 0 aliphatic carbocycles. The first-order valence-corrected chi connectivity index (χ1v) is 5.24. The lowest BCUT2D eigenvalue weighted by Gasteiger charge is -2.01. The third-order valence-corrected chi connectivity index (χ3v) is 2.53. The molecule has 17 heavy (non-hydrogen) atoms. The summed E-state index contributed by atoms with van der Waals surface area (Å²) in [5.74, 6) is 0. The second-order valence-electron chi connectivity index (χ2n) is 3.83. The van der Waals surface area contributed by atoms with Crippen LogP contribution in [-0.4, -0.2) is 14.3 Å². The summed E-state index contributed by atoms with van der Waals surface area (Å²) in [6.45, 7) is 0.451. The fraction of sp³-hybridized carbons (Fsp3) is 0.250. The lowest BCUT2D eigenvalue weighted by molar-refractivity contribution is 0.646. The van der Waals surface area contributed by atoms with Crippen LogP contribution in [0.15, 0.2) is 35.4 Å². The number of rotatable bonds is 3. The first-order chi connectivity index (χ1) is 8.20. The minimum Gasteiger partial charge on any atom is -0.285 e. The van der Waals surface area contributed by atoms with Crippen LogP contribution in [0.1, 0.15) is 11.1 Å². The van der Waals surface area contributed by atoms with Crippen LogP contribution in [0.3, 0.4) is 0 Å². The van der Waals surface area contributed by atoms with Crippen LogP contribution in [0.4, 0.5) is 0 Å². The van der Waals surface area contributed by atoms with E-state index in [0.29, 0.717) is 13.0 Å². The number of benzene rings is 1. The molecular weight excluding hydrogens is 216 g/mol. The molecule has 1 heterocycles. The molecule has 0 aliphatic heterocycles. The summed E-state index contributed by atoms with van der Waals surface area (Å²) >= 11 is 0. The fourth-order valence-corrected chi connectivity index (χ4v) is 1.56. The monoisotopic (exact) mass is 228 g/mol. The number of nitrogens with zero attached hydrogens (tertiary/aromatic N) is 4. The van der Waals surface area contributed by atoms with Crippen molar-refractivity contribution in [3.63, 3.8) is 0 Å². The molecule has 0 spiro atoms. The minimum atomic E-state index is -0.133. The van der Waals surface area contributed by atoms with Crippen molar-refractivity contribution in [2.45, 2.75) is 13.0 Å². The normalized spacial score (nSPS) is 10.1. The van der Waals surface area contributed by atoms with Gasteiger partial charge in [-0.1, -0.05) is 24.3 Å². The molecule has 0 aliphatic rings. The van der Waals surface area contributed by atoms with Gasteiger partial charge in [-0.05, 0) is 11.1 Å². The molecule has 5 heteroatoms. The number of aromatic nitrogens is 3. The highest BCUT2D eigenvalue weighted by molar-refractivity contribution is 5.24. The van der Waals surface area contributed by atoms with Gasteiger partial charge in [-0.2, -0.15) is 10.4 Å². The average Bonchev–Trinajstić information content (AvgIpc) is 2.64. The molecule has 0 radical (unpaired) electrons. The highest BCUT2D eigenvalue weighted by atomic mass is 16.2. The Morgan fingerprint density at radius 2 is 1.94 bits per heavy atom. The van der Waals surface area contributed by atoms with Gasteiger partial charge in [0, 0.05) is 7.05 Å². The van der Waals surface area contributed by atoms with Gasteiger partial charge in [0.1, 0.15) is 6.33 Å². The van der Waals surface area contributed by atoms with Gasteiger partial charge < -0.3 is 0 Å². The van der Waals surface area contributed by atoms with Crippen molar-refractivity contribution in [3.05, 3.63) is 52.2 Å². The van der Waals surface area contributed by atoms with E-state index in [-0.39, 0.29) is 5.69 Å². The Hall–Kier alpha value is -2.35. The van der Waals surface area contributed by atoms with Crippen LogP contribution < -0.4 is 5.69 Å². The highest BCUT2D eigenvalue weighted by Gasteiger charge is 2.02. The molecule has 0 saturated carbocycles. The molecule has 0 amide bonds. The summed E-state index contributed by atoms with van der Waals surface area (Å²) in [4.78, 5) is 11.6. The molecule has 2 aromatic rings. The number of hydrogen-bond donors (Lipinski definition) is 0. The second-order valence-corrected chi connectivity index (χ2v) is 3.83. The number of hydrogen-bond acceptors (Lipinski definition) is 3. The highest BCUT2D eigenvalue weighted by Crippen LogP contribution is 2.05. The third-order valence-electron chi connectivity index (χ3n) is 2.53. The quantitative estimate of drug-likeness (QED) is 0.776. The molecule has 5 nitrogen and oxygen atoms in total. The van der Waals surface area contributed by atoms with Gasteiger partial charge in [0.25, 0.3) is 0 Å². The van der Waals surface area contributed by atoms with Crippen LogP contribution in [0.25, 0.3) is 0 Å². The lowest BCUT2D eigenvalue weighted by atomic mass is 10.1. The van der Waals surface area contributed by atoms with Crippen molar-refractivity contribution >= 4 is 0 Å². The van der Waals surface area contributed by atoms with E-state index in [1.807, 2.05) is 24.3 Å². The van der Waals surface area contributed by atoms with Crippen LogP contribution in [0.5, 0.6) is 0 Å². The van der Waals surface area contributed by atoms with Gasteiger partial charge in [-0.25, -0.2) is 9.48 Å². The largest absolute Gasteiger partial charge is 0.345 e.